The van der Waals surface area contributed by atoms with E-state index in [1.807, 2.05) is 54.6 Å². The van der Waals surface area contributed by atoms with Crippen LogP contribution in [0.2, 0.25) is 5.02 Å². The Bertz CT molecular complexity index is 2220. The molecule has 1 aromatic heterocycles. The number of hydrogen-bond acceptors (Lipinski definition) is 8. The van der Waals surface area contributed by atoms with Gasteiger partial charge in [-0.25, -0.2) is 9.79 Å². The molecule has 0 bridgehead atoms. The minimum atomic E-state index is -0.828. The highest BCUT2D eigenvalue weighted by atomic mass is 35.5. The van der Waals surface area contributed by atoms with E-state index in [1.54, 1.807) is 62.6 Å². The first kappa shape index (κ1) is 31.5. The Hall–Kier alpha value is -5.43. The van der Waals surface area contributed by atoms with Crippen molar-refractivity contribution in [1.82, 2.24) is 4.57 Å². The van der Waals surface area contributed by atoms with Crippen LogP contribution in [0.5, 0.6) is 11.5 Å². The summed E-state index contributed by atoms with van der Waals surface area (Å²) in [5.74, 6) is 0.558. The van der Waals surface area contributed by atoms with Gasteiger partial charge >= 0.3 is 5.97 Å². The number of ether oxygens (including phenoxy) is 3. The minimum absolute atomic E-state index is 0.147. The number of nitriles is 1. The SMILES string of the molecule is CCOC(=O)C1=C(c2ccccc2)N=c2s/c(=C\c3cc(Cl)ccc3OCc3ccccc3C#N)c(=O)n2[C@@H]1c1ccc(OC)cc1. The summed E-state index contributed by atoms with van der Waals surface area (Å²) in [6.45, 7) is 2.04. The summed E-state index contributed by atoms with van der Waals surface area (Å²) in [6, 6.07) is 30.3. The van der Waals surface area contributed by atoms with Gasteiger partial charge in [0.25, 0.3) is 5.56 Å². The summed E-state index contributed by atoms with van der Waals surface area (Å²) in [5, 5.41) is 9.96. The average Bonchev–Trinajstić information content (AvgIpc) is 3.41. The molecular weight excluding hydrogens is 634 g/mol. The second kappa shape index (κ2) is 13.9. The average molecular weight is 662 g/mol. The molecule has 10 heteroatoms. The van der Waals surface area contributed by atoms with Gasteiger partial charge in [-0.2, -0.15) is 5.26 Å². The number of methoxy groups -OCH3 is 1. The molecule has 234 valence electrons. The molecule has 1 atom stereocenters. The van der Waals surface area contributed by atoms with Gasteiger partial charge in [0.05, 0.1) is 47.2 Å². The Morgan fingerprint density at radius 1 is 1.04 bits per heavy atom. The van der Waals surface area contributed by atoms with Crippen molar-refractivity contribution in [3.8, 4) is 17.6 Å². The van der Waals surface area contributed by atoms with Crippen LogP contribution in [0.4, 0.5) is 0 Å². The maximum Gasteiger partial charge on any atom is 0.338 e. The lowest BCUT2D eigenvalue weighted by molar-refractivity contribution is -0.138. The van der Waals surface area contributed by atoms with Crippen LogP contribution in [-0.2, 0) is 16.1 Å². The number of fused-ring (bicyclic) bond motifs is 1. The highest BCUT2D eigenvalue weighted by Gasteiger charge is 2.35. The van der Waals surface area contributed by atoms with Crippen molar-refractivity contribution in [2.24, 2.45) is 4.99 Å². The largest absolute Gasteiger partial charge is 0.497 e. The summed E-state index contributed by atoms with van der Waals surface area (Å²) in [4.78, 5) is 33.3. The second-order valence-electron chi connectivity index (χ2n) is 10.4. The Balaban J connectivity index is 1.54. The number of hydrogen-bond donors (Lipinski definition) is 0. The minimum Gasteiger partial charge on any atom is -0.497 e. The molecule has 0 N–H and O–H groups in total. The van der Waals surface area contributed by atoms with Crippen molar-refractivity contribution >= 4 is 40.7 Å². The lowest BCUT2D eigenvalue weighted by Crippen LogP contribution is -2.40. The van der Waals surface area contributed by atoms with Gasteiger partial charge in [0.2, 0.25) is 0 Å². The molecule has 5 aromatic rings. The molecule has 0 fully saturated rings. The van der Waals surface area contributed by atoms with Crippen LogP contribution in [0.1, 0.15) is 40.8 Å². The first-order valence-electron chi connectivity index (χ1n) is 14.7. The first-order valence-corrected chi connectivity index (χ1v) is 15.9. The predicted octanol–water partition coefficient (Wildman–Crippen LogP) is 6.05. The van der Waals surface area contributed by atoms with Crippen LogP contribution in [-0.4, -0.2) is 24.3 Å². The maximum absolute atomic E-state index is 14.3. The van der Waals surface area contributed by atoms with Gasteiger partial charge in [-0.1, -0.05) is 83.6 Å². The smallest absolute Gasteiger partial charge is 0.338 e. The number of esters is 1. The number of halogens is 1. The van der Waals surface area contributed by atoms with Gasteiger partial charge in [0.15, 0.2) is 4.80 Å². The molecule has 0 radical (unpaired) electrons. The van der Waals surface area contributed by atoms with E-state index >= 15 is 0 Å². The molecule has 0 amide bonds. The van der Waals surface area contributed by atoms with Gasteiger partial charge < -0.3 is 14.2 Å². The fourth-order valence-corrected chi connectivity index (χ4v) is 6.53. The van der Waals surface area contributed by atoms with Crippen molar-refractivity contribution < 1.29 is 19.0 Å². The normalized spacial score (nSPS) is 14.2. The van der Waals surface area contributed by atoms with Crippen molar-refractivity contribution in [3.05, 3.63) is 155 Å². The van der Waals surface area contributed by atoms with E-state index < -0.39 is 12.0 Å². The summed E-state index contributed by atoms with van der Waals surface area (Å²) in [5.41, 5.74) is 3.57. The zero-order valence-corrected chi connectivity index (χ0v) is 27.0. The van der Waals surface area contributed by atoms with Crippen LogP contribution in [0, 0.1) is 11.3 Å². The summed E-state index contributed by atoms with van der Waals surface area (Å²) in [6.07, 6.45) is 1.71. The number of carbonyl (C=O) groups is 1. The molecule has 0 saturated carbocycles. The Kier molecular flexibility index (Phi) is 9.34. The lowest BCUT2D eigenvalue weighted by atomic mass is 9.93. The maximum atomic E-state index is 14.3. The van der Waals surface area contributed by atoms with Crippen molar-refractivity contribution in [1.29, 1.82) is 5.26 Å². The number of aromatic nitrogens is 1. The van der Waals surface area contributed by atoms with Crippen LogP contribution in [0.3, 0.4) is 0 Å². The molecule has 6 rings (SSSR count). The Morgan fingerprint density at radius 3 is 2.51 bits per heavy atom. The molecule has 47 heavy (non-hydrogen) atoms. The highest BCUT2D eigenvalue weighted by molar-refractivity contribution is 7.07. The van der Waals surface area contributed by atoms with Crippen LogP contribution in [0.15, 0.2) is 112 Å². The monoisotopic (exact) mass is 661 g/mol. The third-order valence-electron chi connectivity index (χ3n) is 7.58. The topological polar surface area (TPSA) is 103 Å². The van der Waals surface area contributed by atoms with Gasteiger partial charge in [0.1, 0.15) is 18.1 Å². The molecule has 0 saturated heterocycles. The van der Waals surface area contributed by atoms with Gasteiger partial charge in [-0.05, 0) is 55.0 Å². The van der Waals surface area contributed by atoms with E-state index in [-0.39, 0.29) is 24.3 Å². The van der Waals surface area contributed by atoms with Crippen molar-refractivity contribution in [3.63, 3.8) is 0 Å². The lowest BCUT2D eigenvalue weighted by Gasteiger charge is -2.26. The number of rotatable bonds is 9. The molecule has 0 unspecified atom stereocenters. The molecule has 0 spiro atoms. The fraction of sp³-hybridized carbons (Fsp3) is 0.135. The number of thiazole rings is 1. The first-order chi connectivity index (χ1) is 22.9. The molecule has 1 aliphatic heterocycles. The van der Waals surface area contributed by atoms with Gasteiger partial charge in [-0.3, -0.25) is 9.36 Å². The Morgan fingerprint density at radius 2 is 1.79 bits per heavy atom. The molecule has 2 heterocycles. The number of benzene rings is 4. The fourth-order valence-electron chi connectivity index (χ4n) is 5.36. The van der Waals surface area contributed by atoms with Crippen LogP contribution >= 0.6 is 22.9 Å². The van der Waals surface area contributed by atoms with E-state index in [4.69, 9.17) is 30.8 Å². The van der Waals surface area contributed by atoms with E-state index in [2.05, 4.69) is 6.07 Å². The molecular formula is C37H28ClN3O5S. The second-order valence-corrected chi connectivity index (χ2v) is 11.9. The van der Waals surface area contributed by atoms with Crippen molar-refractivity contribution in [2.45, 2.75) is 19.6 Å². The van der Waals surface area contributed by atoms with E-state index in [1.165, 1.54) is 15.9 Å². The quantitative estimate of drug-likeness (QED) is 0.178. The highest BCUT2D eigenvalue weighted by Crippen LogP contribution is 2.36. The molecule has 8 nitrogen and oxygen atoms in total. The van der Waals surface area contributed by atoms with Gasteiger partial charge in [-0.15, -0.1) is 0 Å². The molecule has 0 aliphatic carbocycles. The van der Waals surface area contributed by atoms with E-state index in [9.17, 15) is 14.9 Å². The van der Waals surface area contributed by atoms with Crippen molar-refractivity contribution in [2.75, 3.05) is 13.7 Å². The van der Waals surface area contributed by atoms with E-state index in [0.29, 0.717) is 48.2 Å². The zero-order valence-electron chi connectivity index (χ0n) is 25.5. The zero-order chi connectivity index (χ0) is 32.9. The van der Waals surface area contributed by atoms with Crippen LogP contribution < -0.4 is 24.4 Å². The third-order valence-corrected chi connectivity index (χ3v) is 8.80. The Labute approximate surface area is 279 Å². The molecule has 4 aromatic carbocycles. The predicted molar refractivity (Wildman–Crippen MR) is 181 cm³/mol. The van der Waals surface area contributed by atoms with Gasteiger partial charge in [0, 0.05) is 21.7 Å². The molecule has 1 aliphatic rings. The summed E-state index contributed by atoms with van der Waals surface area (Å²) < 4.78 is 19.0. The third kappa shape index (κ3) is 6.47. The number of nitrogens with zero attached hydrogens (tertiary/aromatic N) is 3. The van der Waals surface area contributed by atoms with E-state index in [0.717, 1.165) is 11.1 Å². The summed E-state index contributed by atoms with van der Waals surface area (Å²) in [7, 11) is 1.58. The number of carbonyl (C=O) groups excluding carboxylic acids is 1. The summed E-state index contributed by atoms with van der Waals surface area (Å²) >= 11 is 7.60. The standard InChI is InChI=1S/C37H28ClN3O5S/c1-3-45-36(43)32-33(23-9-5-4-6-10-23)40-37-41(34(32)24-13-16-29(44-2)17-14-24)35(42)31(47-37)20-27-19-28(38)15-18-30(27)46-22-26-12-8-7-11-25(26)21-39/h4-20,34H,3,22H2,1-2H3/b31-20-/t34-/m1/s1. The van der Waals surface area contributed by atoms with Crippen LogP contribution in [0.25, 0.3) is 11.8 Å².